The number of fused-ring (bicyclic) bond motifs is 1. The number of ether oxygens (including phenoxy) is 1. The molecular formula is C14H17N3O. The van der Waals surface area contributed by atoms with Crippen LogP contribution in [0, 0.1) is 0 Å². The Morgan fingerprint density at radius 1 is 1.44 bits per heavy atom. The zero-order valence-electron chi connectivity index (χ0n) is 10.5. The highest BCUT2D eigenvalue weighted by molar-refractivity contribution is 5.37. The Kier molecular flexibility index (Phi) is 2.59. The number of para-hydroxylation sites is 1. The SMILES string of the molecule is Cn1cc(CC2(N)COc3ccccc3C2)cn1. The fourth-order valence-corrected chi connectivity index (χ4v) is 2.53. The van der Waals surface area contributed by atoms with Crippen LogP contribution in [0.3, 0.4) is 0 Å². The topological polar surface area (TPSA) is 53.1 Å². The lowest BCUT2D eigenvalue weighted by Crippen LogP contribution is -2.51. The lowest BCUT2D eigenvalue weighted by Gasteiger charge is -2.34. The van der Waals surface area contributed by atoms with Crippen LogP contribution in [0.15, 0.2) is 36.7 Å². The van der Waals surface area contributed by atoms with Crippen molar-refractivity contribution in [1.29, 1.82) is 0 Å². The van der Waals surface area contributed by atoms with Crippen LogP contribution in [0.5, 0.6) is 5.75 Å². The van der Waals surface area contributed by atoms with E-state index in [4.69, 9.17) is 10.5 Å². The van der Waals surface area contributed by atoms with E-state index in [1.807, 2.05) is 37.6 Å². The van der Waals surface area contributed by atoms with Gasteiger partial charge in [0.2, 0.25) is 0 Å². The van der Waals surface area contributed by atoms with Gasteiger partial charge in [-0.3, -0.25) is 4.68 Å². The van der Waals surface area contributed by atoms with Crippen molar-refractivity contribution >= 4 is 0 Å². The number of hydrogen-bond donors (Lipinski definition) is 1. The minimum Gasteiger partial charge on any atom is -0.491 e. The van der Waals surface area contributed by atoms with E-state index in [1.165, 1.54) is 5.56 Å². The predicted molar refractivity (Wildman–Crippen MR) is 69.5 cm³/mol. The van der Waals surface area contributed by atoms with Gasteiger partial charge in [0.15, 0.2) is 0 Å². The molecule has 2 N–H and O–H groups in total. The number of nitrogens with zero attached hydrogens (tertiary/aromatic N) is 2. The fraction of sp³-hybridized carbons (Fsp3) is 0.357. The highest BCUT2D eigenvalue weighted by atomic mass is 16.5. The first kappa shape index (κ1) is 11.3. The third kappa shape index (κ3) is 2.11. The van der Waals surface area contributed by atoms with Crippen LogP contribution in [0.4, 0.5) is 0 Å². The average Bonchev–Trinajstić information content (AvgIpc) is 2.74. The van der Waals surface area contributed by atoms with Gasteiger partial charge in [-0.2, -0.15) is 5.10 Å². The number of aryl methyl sites for hydroxylation is 1. The standard InChI is InChI=1S/C14H17N3O/c1-17-9-11(8-16-17)6-14(15)7-12-4-2-3-5-13(12)18-10-14/h2-5,8-9H,6-7,10,15H2,1H3. The zero-order chi connectivity index (χ0) is 12.6. The van der Waals surface area contributed by atoms with E-state index in [0.29, 0.717) is 6.61 Å². The quantitative estimate of drug-likeness (QED) is 0.865. The van der Waals surface area contributed by atoms with Gasteiger partial charge in [-0.1, -0.05) is 18.2 Å². The molecule has 94 valence electrons. The third-order valence-corrected chi connectivity index (χ3v) is 3.34. The molecule has 0 saturated carbocycles. The first-order chi connectivity index (χ1) is 8.65. The number of benzene rings is 1. The Morgan fingerprint density at radius 3 is 3.06 bits per heavy atom. The van der Waals surface area contributed by atoms with Crippen molar-refractivity contribution in [1.82, 2.24) is 9.78 Å². The lowest BCUT2D eigenvalue weighted by molar-refractivity contribution is 0.190. The van der Waals surface area contributed by atoms with Crippen LogP contribution in [0.1, 0.15) is 11.1 Å². The maximum Gasteiger partial charge on any atom is 0.122 e. The molecule has 0 bridgehead atoms. The molecule has 18 heavy (non-hydrogen) atoms. The monoisotopic (exact) mass is 243 g/mol. The molecule has 4 heteroatoms. The second kappa shape index (κ2) is 4.14. The first-order valence-corrected chi connectivity index (χ1v) is 6.12. The lowest BCUT2D eigenvalue weighted by atomic mass is 9.85. The van der Waals surface area contributed by atoms with Gasteiger partial charge in [0.25, 0.3) is 0 Å². The van der Waals surface area contributed by atoms with Crippen LogP contribution in [0.25, 0.3) is 0 Å². The summed E-state index contributed by atoms with van der Waals surface area (Å²) in [7, 11) is 1.92. The summed E-state index contributed by atoms with van der Waals surface area (Å²) in [5.41, 5.74) is 8.46. The van der Waals surface area contributed by atoms with Crippen molar-refractivity contribution in [3.05, 3.63) is 47.8 Å². The highest BCUT2D eigenvalue weighted by Crippen LogP contribution is 2.29. The molecule has 1 aliphatic rings. The molecule has 0 aliphatic carbocycles. The van der Waals surface area contributed by atoms with Crippen molar-refractivity contribution in [3.8, 4) is 5.75 Å². The number of rotatable bonds is 2. The summed E-state index contributed by atoms with van der Waals surface area (Å²) in [6, 6.07) is 8.10. The van der Waals surface area contributed by atoms with Gasteiger partial charge in [0, 0.05) is 13.2 Å². The Labute approximate surface area is 106 Å². The van der Waals surface area contributed by atoms with Gasteiger partial charge in [0.05, 0.1) is 11.7 Å². The van der Waals surface area contributed by atoms with Gasteiger partial charge < -0.3 is 10.5 Å². The van der Waals surface area contributed by atoms with E-state index in [2.05, 4.69) is 11.2 Å². The van der Waals surface area contributed by atoms with Crippen molar-refractivity contribution in [2.24, 2.45) is 12.8 Å². The Morgan fingerprint density at radius 2 is 2.28 bits per heavy atom. The molecule has 1 unspecified atom stereocenters. The van der Waals surface area contributed by atoms with Gasteiger partial charge in [0.1, 0.15) is 12.4 Å². The third-order valence-electron chi connectivity index (χ3n) is 3.34. The summed E-state index contributed by atoms with van der Waals surface area (Å²) in [4.78, 5) is 0. The van der Waals surface area contributed by atoms with Crippen LogP contribution in [-0.2, 0) is 19.9 Å². The minimum atomic E-state index is -0.336. The summed E-state index contributed by atoms with van der Waals surface area (Å²) in [5, 5.41) is 4.18. The van der Waals surface area contributed by atoms with Gasteiger partial charge >= 0.3 is 0 Å². The summed E-state index contributed by atoms with van der Waals surface area (Å²) in [6.45, 7) is 0.554. The summed E-state index contributed by atoms with van der Waals surface area (Å²) in [6.07, 6.45) is 5.51. The Hall–Kier alpha value is -1.81. The molecular weight excluding hydrogens is 226 g/mol. The molecule has 0 fully saturated rings. The Balaban J connectivity index is 1.81. The number of aromatic nitrogens is 2. The predicted octanol–water partition coefficient (Wildman–Crippen LogP) is 1.30. The molecule has 2 aromatic rings. The van der Waals surface area contributed by atoms with E-state index in [0.717, 1.165) is 24.2 Å². The second-order valence-electron chi connectivity index (χ2n) is 5.13. The molecule has 0 saturated heterocycles. The molecule has 0 spiro atoms. The van der Waals surface area contributed by atoms with E-state index < -0.39 is 0 Å². The number of nitrogens with two attached hydrogens (primary N) is 1. The summed E-state index contributed by atoms with van der Waals surface area (Å²) < 4.78 is 7.57. The minimum absolute atomic E-state index is 0.336. The normalized spacial score (nSPS) is 22.3. The average molecular weight is 243 g/mol. The molecule has 3 rings (SSSR count). The van der Waals surface area contributed by atoms with Gasteiger partial charge in [-0.05, 0) is 30.0 Å². The van der Waals surface area contributed by atoms with Crippen LogP contribution in [0.2, 0.25) is 0 Å². The van der Waals surface area contributed by atoms with Crippen molar-refractivity contribution < 1.29 is 4.74 Å². The molecule has 1 aromatic carbocycles. The van der Waals surface area contributed by atoms with Gasteiger partial charge in [-0.25, -0.2) is 0 Å². The van der Waals surface area contributed by atoms with E-state index in [9.17, 15) is 0 Å². The first-order valence-electron chi connectivity index (χ1n) is 6.12. The van der Waals surface area contributed by atoms with Crippen LogP contribution >= 0.6 is 0 Å². The van der Waals surface area contributed by atoms with E-state index in [1.54, 1.807) is 4.68 Å². The zero-order valence-corrected chi connectivity index (χ0v) is 10.5. The maximum absolute atomic E-state index is 6.45. The molecule has 1 aliphatic heterocycles. The maximum atomic E-state index is 6.45. The van der Waals surface area contributed by atoms with E-state index >= 15 is 0 Å². The van der Waals surface area contributed by atoms with Gasteiger partial charge in [-0.15, -0.1) is 0 Å². The molecule has 1 atom stereocenters. The molecule has 4 nitrogen and oxygen atoms in total. The summed E-state index contributed by atoms with van der Waals surface area (Å²) in [5.74, 6) is 0.963. The second-order valence-corrected chi connectivity index (χ2v) is 5.13. The largest absolute Gasteiger partial charge is 0.491 e. The van der Waals surface area contributed by atoms with Crippen LogP contribution in [-0.4, -0.2) is 21.9 Å². The number of hydrogen-bond acceptors (Lipinski definition) is 3. The molecule has 1 aromatic heterocycles. The summed E-state index contributed by atoms with van der Waals surface area (Å²) >= 11 is 0. The Bertz CT molecular complexity index is 564. The smallest absolute Gasteiger partial charge is 0.122 e. The van der Waals surface area contributed by atoms with E-state index in [-0.39, 0.29) is 5.54 Å². The molecule has 0 amide bonds. The van der Waals surface area contributed by atoms with Crippen molar-refractivity contribution in [3.63, 3.8) is 0 Å². The van der Waals surface area contributed by atoms with Crippen molar-refractivity contribution in [2.45, 2.75) is 18.4 Å². The molecule has 0 radical (unpaired) electrons. The fourth-order valence-electron chi connectivity index (χ4n) is 2.53. The molecule has 2 heterocycles. The van der Waals surface area contributed by atoms with Crippen molar-refractivity contribution in [2.75, 3.05) is 6.61 Å². The highest BCUT2D eigenvalue weighted by Gasteiger charge is 2.32. The van der Waals surface area contributed by atoms with Crippen LogP contribution < -0.4 is 10.5 Å².